The van der Waals surface area contributed by atoms with E-state index >= 15 is 0 Å². The van der Waals surface area contributed by atoms with Crippen LogP contribution in [0.5, 0.6) is 0 Å². The minimum Gasteiger partial charge on any atom is -0.466 e. The molecule has 0 radical (unpaired) electrons. The number of carbonyl (C=O) groups excluding carboxylic acids is 1. The Morgan fingerprint density at radius 3 is 2.39 bits per heavy atom. The van der Waals surface area contributed by atoms with Gasteiger partial charge in [-0.2, -0.15) is 0 Å². The lowest BCUT2D eigenvalue weighted by Gasteiger charge is -2.24. The molecule has 0 spiro atoms. The van der Waals surface area contributed by atoms with Gasteiger partial charge in [-0.1, -0.05) is 37.3 Å². The van der Waals surface area contributed by atoms with Gasteiger partial charge >= 0.3 is 5.97 Å². The number of hydrogen-bond donors (Lipinski definition) is 1. The summed E-state index contributed by atoms with van der Waals surface area (Å²) in [7, 11) is 0. The number of nitrogens with one attached hydrogen (secondary N) is 1. The highest BCUT2D eigenvalue weighted by Gasteiger charge is 2.22. The van der Waals surface area contributed by atoms with Crippen molar-refractivity contribution in [1.82, 2.24) is 5.32 Å². The van der Waals surface area contributed by atoms with Crippen molar-refractivity contribution in [3.05, 3.63) is 35.9 Å². The predicted octanol–water partition coefficient (Wildman–Crippen LogP) is 2.92. The fourth-order valence-corrected chi connectivity index (χ4v) is 1.85. The Kier molecular flexibility index (Phi) is 5.86. The molecule has 3 atom stereocenters. The lowest BCUT2D eigenvalue weighted by molar-refractivity contribution is -0.148. The maximum absolute atomic E-state index is 11.6. The smallest absolute Gasteiger partial charge is 0.310 e. The van der Waals surface area contributed by atoms with Gasteiger partial charge in [-0.05, 0) is 26.3 Å². The van der Waals surface area contributed by atoms with E-state index in [0.717, 1.165) is 0 Å². The fourth-order valence-electron chi connectivity index (χ4n) is 1.85. The van der Waals surface area contributed by atoms with E-state index < -0.39 is 0 Å². The van der Waals surface area contributed by atoms with E-state index in [-0.39, 0.29) is 24.0 Å². The van der Waals surface area contributed by atoms with Gasteiger partial charge in [0.25, 0.3) is 0 Å². The number of hydrogen-bond acceptors (Lipinski definition) is 3. The molecule has 1 N–H and O–H groups in total. The van der Waals surface area contributed by atoms with Crippen molar-refractivity contribution in [2.45, 2.75) is 39.8 Å². The third-order valence-corrected chi connectivity index (χ3v) is 3.22. The number of benzene rings is 1. The van der Waals surface area contributed by atoms with Crippen LogP contribution in [-0.2, 0) is 9.53 Å². The molecule has 1 rings (SSSR count). The van der Waals surface area contributed by atoms with Gasteiger partial charge in [0.05, 0.1) is 12.5 Å². The van der Waals surface area contributed by atoms with E-state index in [1.165, 1.54) is 5.56 Å². The lowest BCUT2D eigenvalue weighted by atomic mass is 10.0. The Morgan fingerprint density at radius 2 is 1.83 bits per heavy atom. The van der Waals surface area contributed by atoms with Crippen molar-refractivity contribution in [2.24, 2.45) is 5.92 Å². The fraction of sp³-hybridized carbons (Fsp3) is 0.533. The van der Waals surface area contributed by atoms with Crippen LogP contribution in [-0.4, -0.2) is 18.6 Å². The standard InChI is InChI=1S/C15H23NO2/c1-5-18-15(17)11(2)12(3)16-13(4)14-9-7-6-8-10-14/h6-13,16H,5H2,1-4H3/t11-,12-,13+/m0/s1. The minimum atomic E-state index is -0.142. The van der Waals surface area contributed by atoms with Crippen molar-refractivity contribution in [3.63, 3.8) is 0 Å². The molecule has 0 saturated carbocycles. The zero-order valence-electron chi connectivity index (χ0n) is 11.6. The van der Waals surface area contributed by atoms with Crippen LogP contribution in [0.15, 0.2) is 30.3 Å². The van der Waals surface area contributed by atoms with Crippen LogP contribution in [0.1, 0.15) is 39.3 Å². The SMILES string of the molecule is CCOC(=O)[C@@H](C)[C@H](C)N[C@H](C)c1ccccc1. The van der Waals surface area contributed by atoms with Gasteiger partial charge in [0.15, 0.2) is 0 Å². The summed E-state index contributed by atoms with van der Waals surface area (Å²) in [4.78, 5) is 11.6. The van der Waals surface area contributed by atoms with E-state index in [4.69, 9.17) is 4.74 Å². The van der Waals surface area contributed by atoms with Gasteiger partial charge in [0.1, 0.15) is 0 Å². The monoisotopic (exact) mass is 249 g/mol. The molecular formula is C15H23NO2. The molecule has 100 valence electrons. The predicted molar refractivity (Wildman–Crippen MR) is 73.3 cm³/mol. The summed E-state index contributed by atoms with van der Waals surface area (Å²) >= 11 is 0. The maximum atomic E-state index is 11.6. The molecule has 0 fully saturated rings. The molecule has 0 saturated heterocycles. The highest BCUT2D eigenvalue weighted by Crippen LogP contribution is 2.15. The Bertz CT molecular complexity index is 364. The summed E-state index contributed by atoms with van der Waals surface area (Å²) in [6.45, 7) is 8.28. The van der Waals surface area contributed by atoms with Crippen LogP contribution in [0.3, 0.4) is 0 Å². The second-order valence-corrected chi connectivity index (χ2v) is 4.63. The summed E-state index contributed by atoms with van der Waals surface area (Å²) in [5.41, 5.74) is 1.22. The maximum Gasteiger partial charge on any atom is 0.310 e. The van der Waals surface area contributed by atoms with Gasteiger partial charge in [0.2, 0.25) is 0 Å². The third-order valence-electron chi connectivity index (χ3n) is 3.22. The van der Waals surface area contributed by atoms with Crippen LogP contribution in [0, 0.1) is 5.92 Å². The highest BCUT2D eigenvalue weighted by molar-refractivity contribution is 5.72. The number of esters is 1. The lowest BCUT2D eigenvalue weighted by Crippen LogP contribution is -2.38. The molecule has 0 aliphatic rings. The first-order chi connectivity index (χ1) is 8.56. The van der Waals surface area contributed by atoms with E-state index in [1.54, 1.807) is 0 Å². The number of rotatable bonds is 6. The second kappa shape index (κ2) is 7.17. The number of carbonyl (C=O) groups is 1. The summed E-state index contributed by atoms with van der Waals surface area (Å²) in [5.74, 6) is -0.283. The first-order valence-corrected chi connectivity index (χ1v) is 6.53. The largest absolute Gasteiger partial charge is 0.466 e. The molecule has 0 bridgehead atoms. The average molecular weight is 249 g/mol. The van der Waals surface area contributed by atoms with Crippen LogP contribution in [0.4, 0.5) is 0 Å². The molecule has 3 nitrogen and oxygen atoms in total. The van der Waals surface area contributed by atoms with E-state index in [0.29, 0.717) is 6.61 Å². The normalized spacial score (nSPS) is 15.8. The summed E-state index contributed by atoms with van der Waals surface area (Å²) < 4.78 is 5.03. The third kappa shape index (κ3) is 4.15. The molecule has 0 amide bonds. The Balaban J connectivity index is 2.54. The quantitative estimate of drug-likeness (QED) is 0.788. The van der Waals surface area contributed by atoms with Crippen molar-refractivity contribution in [2.75, 3.05) is 6.61 Å². The van der Waals surface area contributed by atoms with E-state index in [2.05, 4.69) is 24.4 Å². The summed E-state index contributed by atoms with van der Waals surface area (Å²) in [6.07, 6.45) is 0. The average Bonchev–Trinajstić information content (AvgIpc) is 2.39. The van der Waals surface area contributed by atoms with Crippen LogP contribution < -0.4 is 5.32 Å². The Labute approximate surface area is 110 Å². The summed E-state index contributed by atoms with van der Waals surface area (Å²) in [5, 5.41) is 3.43. The van der Waals surface area contributed by atoms with E-state index in [1.807, 2.05) is 39.0 Å². The molecule has 0 aliphatic heterocycles. The Morgan fingerprint density at radius 1 is 1.22 bits per heavy atom. The molecule has 1 aromatic carbocycles. The van der Waals surface area contributed by atoms with Crippen molar-refractivity contribution < 1.29 is 9.53 Å². The Hall–Kier alpha value is -1.35. The molecule has 0 aliphatic carbocycles. The molecule has 0 unspecified atom stereocenters. The second-order valence-electron chi connectivity index (χ2n) is 4.63. The molecule has 0 heterocycles. The first-order valence-electron chi connectivity index (χ1n) is 6.53. The zero-order valence-corrected chi connectivity index (χ0v) is 11.6. The molecule has 18 heavy (non-hydrogen) atoms. The summed E-state index contributed by atoms with van der Waals surface area (Å²) in [6, 6.07) is 10.5. The first kappa shape index (κ1) is 14.7. The van der Waals surface area contributed by atoms with Crippen molar-refractivity contribution >= 4 is 5.97 Å². The molecule has 0 aromatic heterocycles. The molecular weight excluding hydrogens is 226 g/mol. The highest BCUT2D eigenvalue weighted by atomic mass is 16.5. The van der Waals surface area contributed by atoms with Gasteiger partial charge in [0, 0.05) is 12.1 Å². The van der Waals surface area contributed by atoms with Gasteiger partial charge in [-0.15, -0.1) is 0 Å². The van der Waals surface area contributed by atoms with Crippen molar-refractivity contribution in [3.8, 4) is 0 Å². The van der Waals surface area contributed by atoms with Gasteiger partial charge < -0.3 is 10.1 Å². The molecule has 1 aromatic rings. The van der Waals surface area contributed by atoms with Gasteiger partial charge in [-0.25, -0.2) is 0 Å². The van der Waals surface area contributed by atoms with Crippen LogP contribution in [0.25, 0.3) is 0 Å². The van der Waals surface area contributed by atoms with E-state index in [9.17, 15) is 4.79 Å². The van der Waals surface area contributed by atoms with Gasteiger partial charge in [-0.3, -0.25) is 4.79 Å². The van der Waals surface area contributed by atoms with Crippen LogP contribution in [0.2, 0.25) is 0 Å². The van der Waals surface area contributed by atoms with Crippen molar-refractivity contribution in [1.29, 1.82) is 0 Å². The zero-order chi connectivity index (χ0) is 13.5. The minimum absolute atomic E-state index is 0.0826. The van der Waals surface area contributed by atoms with Crippen LogP contribution >= 0.6 is 0 Å². The molecule has 3 heteroatoms. The number of ether oxygens (including phenoxy) is 1. The topological polar surface area (TPSA) is 38.3 Å².